The van der Waals surface area contributed by atoms with Crippen LogP contribution in [0.3, 0.4) is 0 Å². The molecule has 0 radical (unpaired) electrons. The number of anilines is 1. The highest BCUT2D eigenvalue weighted by Gasteiger charge is 2.40. The molecule has 2 aromatic carbocycles. The number of likely N-dealkylation sites (tertiary alicyclic amines) is 1. The average molecular weight is 480 g/mol. The normalized spacial score (nSPS) is 22.5. The highest BCUT2D eigenvalue weighted by Crippen LogP contribution is 2.35. The lowest BCUT2D eigenvalue weighted by atomic mass is 9.93. The van der Waals surface area contributed by atoms with Crippen LogP contribution in [0.2, 0.25) is 0 Å². The molecule has 1 atom stereocenters. The fraction of sp³-hybridized carbons (Fsp3) is 0.444. The summed E-state index contributed by atoms with van der Waals surface area (Å²) >= 11 is 0. The molecule has 1 unspecified atom stereocenters. The third-order valence-corrected chi connectivity index (χ3v) is 7.52. The van der Waals surface area contributed by atoms with Gasteiger partial charge in [-0.25, -0.2) is 9.59 Å². The second kappa shape index (κ2) is 10.2. The average Bonchev–Trinajstić information content (AvgIpc) is 3.42. The second-order valence-electron chi connectivity index (χ2n) is 9.85. The van der Waals surface area contributed by atoms with E-state index in [1.165, 1.54) is 24.1 Å². The zero-order chi connectivity index (χ0) is 25.2. The molecule has 186 valence electrons. The quantitative estimate of drug-likeness (QED) is 0.618. The largest absolute Gasteiger partial charge is 0.478 e. The minimum absolute atomic E-state index is 0.0111. The number of hydrogen-bond donors (Lipinski definition) is 3. The summed E-state index contributed by atoms with van der Waals surface area (Å²) in [5.41, 5.74) is 3.24. The van der Waals surface area contributed by atoms with Crippen molar-refractivity contribution in [1.29, 1.82) is 0 Å². The third-order valence-electron chi connectivity index (χ3n) is 7.52. The number of para-hydroxylation sites is 1. The summed E-state index contributed by atoms with van der Waals surface area (Å²) in [4.78, 5) is 38.3. The van der Waals surface area contributed by atoms with Gasteiger partial charge in [-0.1, -0.05) is 24.3 Å². The molecule has 5 rings (SSSR count). The van der Waals surface area contributed by atoms with Gasteiger partial charge in [-0.2, -0.15) is 0 Å². The first-order chi connectivity index (χ1) is 16.7. The lowest BCUT2D eigenvalue weighted by Crippen LogP contribution is -2.54. The molecule has 3 N–H and O–H groups in total. The summed E-state index contributed by atoms with van der Waals surface area (Å²) in [6, 6.07) is 12.7. The van der Waals surface area contributed by atoms with E-state index < -0.39 is 11.9 Å². The Balaban J connectivity index is 0.000000191. The summed E-state index contributed by atoms with van der Waals surface area (Å²) in [5, 5.41) is 20.8. The number of amides is 1. The van der Waals surface area contributed by atoms with Crippen molar-refractivity contribution in [3.63, 3.8) is 0 Å². The van der Waals surface area contributed by atoms with Gasteiger partial charge in [0.2, 0.25) is 5.91 Å². The molecule has 0 bridgehead atoms. The van der Waals surface area contributed by atoms with Crippen molar-refractivity contribution in [2.45, 2.75) is 51.1 Å². The first kappa shape index (κ1) is 24.9. The zero-order valence-corrected chi connectivity index (χ0v) is 20.3. The van der Waals surface area contributed by atoms with E-state index in [1.54, 1.807) is 6.92 Å². The van der Waals surface area contributed by atoms with Gasteiger partial charge < -0.3 is 20.4 Å². The number of aryl methyl sites for hydroxylation is 1. The van der Waals surface area contributed by atoms with Crippen molar-refractivity contribution in [3.05, 3.63) is 64.7 Å². The van der Waals surface area contributed by atoms with E-state index in [2.05, 4.69) is 34.2 Å². The third kappa shape index (κ3) is 5.23. The van der Waals surface area contributed by atoms with Crippen molar-refractivity contribution in [1.82, 2.24) is 10.2 Å². The Morgan fingerprint density at radius 2 is 1.77 bits per heavy atom. The van der Waals surface area contributed by atoms with Crippen LogP contribution in [0.25, 0.3) is 0 Å². The van der Waals surface area contributed by atoms with E-state index in [-0.39, 0.29) is 17.0 Å². The van der Waals surface area contributed by atoms with E-state index in [0.29, 0.717) is 23.6 Å². The molecule has 3 aliphatic rings. The lowest BCUT2D eigenvalue weighted by Gasteiger charge is -2.44. The van der Waals surface area contributed by atoms with Gasteiger partial charge in [-0.15, -0.1) is 0 Å². The molecule has 8 nitrogen and oxygen atoms in total. The minimum Gasteiger partial charge on any atom is -0.478 e. The molecular formula is C27H33N3O5. The number of aromatic carboxylic acids is 2. The molecule has 8 heteroatoms. The maximum atomic E-state index is 12.4. The fourth-order valence-electron chi connectivity index (χ4n) is 5.40. The monoisotopic (exact) mass is 479 g/mol. The second-order valence-corrected chi connectivity index (χ2v) is 9.85. The molecule has 2 fully saturated rings. The van der Waals surface area contributed by atoms with Gasteiger partial charge in [0.1, 0.15) is 0 Å². The van der Waals surface area contributed by atoms with Crippen LogP contribution in [0.1, 0.15) is 58.0 Å². The summed E-state index contributed by atoms with van der Waals surface area (Å²) in [6.45, 7) is 8.44. The number of nitrogens with one attached hydrogen (secondary N) is 1. The highest BCUT2D eigenvalue weighted by atomic mass is 16.4. The molecule has 0 saturated carbocycles. The number of carboxylic acids is 2. The molecule has 2 aromatic rings. The predicted octanol–water partition coefficient (Wildman–Crippen LogP) is 3.18. The van der Waals surface area contributed by atoms with Crippen LogP contribution in [0.4, 0.5) is 5.69 Å². The standard InChI is InChI=1S/C18H25N3O.C9H8O4/c1-18(8-9-19-13-18)20-10-6-15(7-11-20)21-16-5-3-2-4-14(16)12-17(21)22;1-5-2-3-6(8(10)11)4-7(5)9(12)13/h2-5,15,19H,6-13H2,1H3;2-4H,1H3,(H,10,11)(H,12,13). The maximum absolute atomic E-state index is 12.4. The molecule has 0 spiro atoms. The summed E-state index contributed by atoms with van der Waals surface area (Å²) in [7, 11) is 0. The molecule has 0 aliphatic carbocycles. The number of carbonyl (C=O) groups excluding carboxylic acids is 1. The summed E-state index contributed by atoms with van der Waals surface area (Å²) in [5.74, 6) is -1.95. The maximum Gasteiger partial charge on any atom is 0.335 e. The molecule has 2 saturated heterocycles. The minimum atomic E-state index is -1.12. The lowest BCUT2D eigenvalue weighted by molar-refractivity contribution is -0.118. The Kier molecular flexibility index (Phi) is 7.23. The van der Waals surface area contributed by atoms with Crippen molar-refractivity contribution >= 4 is 23.5 Å². The van der Waals surface area contributed by atoms with Crippen molar-refractivity contribution in [2.24, 2.45) is 0 Å². The van der Waals surface area contributed by atoms with Crippen molar-refractivity contribution in [3.8, 4) is 0 Å². The predicted molar refractivity (Wildman–Crippen MR) is 133 cm³/mol. The van der Waals surface area contributed by atoms with Gasteiger partial charge in [0, 0.05) is 36.9 Å². The van der Waals surface area contributed by atoms with E-state index in [0.717, 1.165) is 50.8 Å². The molecule has 35 heavy (non-hydrogen) atoms. The Hall–Kier alpha value is -3.23. The zero-order valence-electron chi connectivity index (χ0n) is 20.3. The number of nitrogens with zero attached hydrogens (tertiary/aromatic N) is 2. The number of piperidine rings is 1. The molecule has 3 heterocycles. The molecule has 1 amide bonds. The van der Waals surface area contributed by atoms with Crippen LogP contribution in [-0.4, -0.2) is 70.7 Å². The first-order valence-electron chi connectivity index (χ1n) is 12.1. The summed E-state index contributed by atoms with van der Waals surface area (Å²) < 4.78 is 0. The van der Waals surface area contributed by atoms with Crippen LogP contribution >= 0.6 is 0 Å². The first-order valence-corrected chi connectivity index (χ1v) is 12.1. The van der Waals surface area contributed by atoms with E-state index in [1.807, 2.05) is 12.1 Å². The van der Waals surface area contributed by atoms with Crippen LogP contribution < -0.4 is 10.2 Å². The van der Waals surface area contributed by atoms with E-state index >= 15 is 0 Å². The van der Waals surface area contributed by atoms with Crippen molar-refractivity contribution < 1.29 is 24.6 Å². The van der Waals surface area contributed by atoms with Gasteiger partial charge in [0.05, 0.1) is 17.5 Å². The van der Waals surface area contributed by atoms with Gasteiger partial charge in [-0.3, -0.25) is 9.69 Å². The summed E-state index contributed by atoms with van der Waals surface area (Å²) in [6.07, 6.45) is 4.01. The van der Waals surface area contributed by atoms with E-state index in [4.69, 9.17) is 10.2 Å². The van der Waals surface area contributed by atoms with E-state index in [9.17, 15) is 14.4 Å². The van der Waals surface area contributed by atoms with Gasteiger partial charge in [0.25, 0.3) is 0 Å². The molecular weight excluding hydrogens is 446 g/mol. The number of carbonyl (C=O) groups is 3. The number of fused-ring (bicyclic) bond motifs is 1. The van der Waals surface area contributed by atoms with Gasteiger partial charge >= 0.3 is 11.9 Å². The SMILES string of the molecule is CC1(N2CCC(N3C(=O)Cc4ccccc43)CC2)CCNC1.Cc1ccc(C(=O)O)cc1C(=O)O. The number of hydrogen-bond acceptors (Lipinski definition) is 5. The number of rotatable bonds is 4. The molecule has 0 aromatic heterocycles. The van der Waals surface area contributed by atoms with Gasteiger partial charge in [0.15, 0.2) is 0 Å². The topological polar surface area (TPSA) is 110 Å². The van der Waals surface area contributed by atoms with Crippen molar-refractivity contribution in [2.75, 3.05) is 31.1 Å². The number of carboxylic acid groups (broad SMARTS) is 2. The van der Waals surface area contributed by atoms with Crippen LogP contribution in [0.15, 0.2) is 42.5 Å². The molecule has 3 aliphatic heterocycles. The Morgan fingerprint density at radius 3 is 2.40 bits per heavy atom. The highest BCUT2D eigenvalue weighted by molar-refractivity contribution is 6.01. The Morgan fingerprint density at radius 1 is 1.06 bits per heavy atom. The van der Waals surface area contributed by atoms with Crippen LogP contribution in [0.5, 0.6) is 0 Å². The Labute approximate surface area is 205 Å². The van der Waals surface area contributed by atoms with Gasteiger partial charge in [-0.05, 0) is 69.0 Å². The van der Waals surface area contributed by atoms with Crippen LogP contribution in [-0.2, 0) is 11.2 Å². The van der Waals surface area contributed by atoms with Crippen LogP contribution in [0, 0.1) is 6.92 Å². The Bertz CT molecular complexity index is 1120. The fourth-order valence-corrected chi connectivity index (χ4v) is 5.40. The number of benzene rings is 2. The smallest absolute Gasteiger partial charge is 0.335 e.